The molecular formula is C13H11NO4S. The van der Waals surface area contributed by atoms with Crippen molar-refractivity contribution in [3.05, 3.63) is 46.3 Å². The molecule has 1 aromatic carbocycles. The van der Waals surface area contributed by atoms with E-state index in [1.165, 1.54) is 12.1 Å². The number of aromatic carboxylic acids is 1. The molecule has 0 saturated heterocycles. The van der Waals surface area contributed by atoms with Gasteiger partial charge in [-0.3, -0.25) is 4.79 Å². The highest BCUT2D eigenvalue weighted by molar-refractivity contribution is 7.18. The highest BCUT2D eigenvalue weighted by Crippen LogP contribution is 2.27. The quantitative estimate of drug-likeness (QED) is 0.805. The van der Waals surface area contributed by atoms with Crippen LogP contribution in [0.15, 0.2) is 30.3 Å². The normalized spacial score (nSPS) is 10.2. The van der Waals surface area contributed by atoms with Crippen LogP contribution in [-0.2, 0) is 0 Å². The average Bonchev–Trinajstić information content (AvgIpc) is 2.70. The first-order valence-corrected chi connectivity index (χ1v) is 6.23. The number of rotatable bonds is 3. The summed E-state index contributed by atoms with van der Waals surface area (Å²) in [7, 11) is 0. The van der Waals surface area contributed by atoms with Crippen LogP contribution in [-0.4, -0.2) is 22.1 Å². The van der Waals surface area contributed by atoms with Gasteiger partial charge in [0.1, 0.15) is 10.6 Å². The van der Waals surface area contributed by atoms with Gasteiger partial charge >= 0.3 is 5.97 Å². The second-order valence-corrected chi connectivity index (χ2v) is 4.98. The SMILES string of the molecule is Cc1cc(NC(=O)c2cccc(O)c2)sc1C(=O)O. The largest absolute Gasteiger partial charge is 0.508 e. The second-order valence-electron chi connectivity index (χ2n) is 3.93. The van der Waals surface area contributed by atoms with Gasteiger partial charge in [0.25, 0.3) is 5.91 Å². The van der Waals surface area contributed by atoms with E-state index < -0.39 is 11.9 Å². The number of carbonyl (C=O) groups excluding carboxylic acids is 1. The van der Waals surface area contributed by atoms with Crippen LogP contribution in [0.1, 0.15) is 25.6 Å². The number of carbonyl (C=O) groups is 2. The summed E-state index contributed by atoms with van der Waals surface area (Å²) in [6, 6.07) is 7.54. The smallest absolute Gasteiger partial charge is 0.346 e. The summed E-state index contributed by atoms with van der Waals surface area (Å²) in [5, 5.41) is 21.3. The van der Waals surface area contributed by atoms with E-state index in [1.807, 2.05) is 0 Å². The molecule has 0 fully saturated rings. The first-order chi connectivity index (χ1) is 8.97. The molecule has 2 rings (SSSR count). The molecule has 0 unspecified atom stereocenters. The van der Waals surface area contributed by atoms with E-state index in [4.69, 9.17) is 5.11 Å². The number of aryl methyl sites for hydroxylation is 1. The first-order valence-electron chi connectivity index (χ1n) is 5.41. The molecule has 0 aliphatic heterocycles. The Morgan fingerprint density at radius 2 is 2.00 bits per heavy atom. The van der Waals surface area contributed by atoms with Crippen LogP contribution < -0.4 is 5.32 Å². The van der Waals surface area contributed by atoms with Crippen molar-refractivity contribution in [2.45, 2.75) is 6.92 Å². The van der Waals surface area contributed by atoms with E-state index in [2.05, 4.69) is 5.32 Å². The molecule has 0 saturated carbocycles. The predicted octanol–water partition coefficient (Wildman–Crippen LogP) is 2.71. The maximum absolute atomic E-state index is 11.9. The van der Waals surface area contributed by atoms with Gasteiger partial charge in [0.05, 0.1) is 5.00 Å². The fraction of sp³-hybridized carbons (Fsp3) is 0.0769. The van der Waals surface area contributed by atoms with Crippen molar-refractivity contribution >= 4 is 28.2 Å². The van der Waals surface area contributed by atoms with Crippen LogP contribution in [0, 0.1) is 6.92 Å². The fourth-order valence-corrected chi connectivity index (χ4v) is 2.49. The van der Waals surface area contributed by atoms with Crippen molar-refractivity contribution in [2.75, 3.05) is 5.32 Å². The monoisotopic (exact) mass is 277 g/mol. The molecule has 1 aromatic heterocycles. The topological polar surface area (TPSA) is 86.6 Å². The summed E-state index contributed by atoms with van der Waals surface area (Å²) in [5.41, 5.74) is 0.909. The number of nitrogens with one attached hydrogen (secondary N) is 1. The molecule has 0 atom stereocenters. The number of anilines is 1. The maximum atomic E-state index is 11.9. The van der Waals surface area contributed by atoms with E-state index in [1.54, 1.807) is 25.1 Å². The van der Waals surface area contributed by atoms with Crippen molar-refractivity contribution in [1.29, 1.82) is 0 Å². The molecule has 19 heavy (non-hydrogen) atoms. The first kappa shape index (κ1) is 13.1. The van der Waals surface area contributed by atoms with E-state index in [9.17, 15) is 14.7 Å². The summed E-state index contributed by atoms with van der Waals surface area (Å²) in [6.45, 7) is 1.67. The molecule has 0 aliphatic rings. The van der Waals surface area contributed by atoms with Crippen LogP contribution in [0.2, 0.25) is 0 Å². The van der Waals surface area contributed by atoms with Crippen molar-refractivity contribution in [1.82, 2.24) is 0 Å². The van der Waals surface area contributed by atoms with Gasteiger partial charge in [-0.25, -0.2) is 4.79 Å². The van der Waals surface area contributed by atoms with Gasteiger partial charge < -0.3 is 15.5 Å². The lowest BCUT2D eigenvalue weighted by molar-refractivity contribution is 0.0701. The Bertz CT molecular complexity index is 648. The van der Waals surface area contributed by atoms with Crippen LogP contribution in [0.4, 0.5) is 5.00 Å². The number of hydrogen-bond acceptors (Lipinski definition) is 4. The third-order valence-corrected chi connectivity index (χ3v) is 3.60. The number of phenols is 1. The van der Waals surface area contributed by atoms with Gasteiger partial charge in [-0.05, 0) is 36.8 Å². The summed E-state index contributed by atoms with van der Waals surface area (Å²) in [4.78, 5) is 23.0. The number of benzene rings is 1. The number of hydrogen-bond donors (Lipinski definition) is 3. The van der Waals surface area contributed by atoms with Crippen LogP contribution in [0.5, 0.6) is 5.75 Å². The highest BCUT2D eigenvalue weighted by Gasteiger charge is 2.14. The maximum Gasteiger partial charge on any atom is 0.346 e. The van der Waals surface area contributed by atoms with Crippen molar-refractivity contribution in [3.8, 4) is 5.75 Å². The zero-order valence-electron chi connectivity index (χ0n) is 10.0. The van der Waals surface area contributed by atoms with Gasteiger partial charge in [0, 0.05) is 5.56 Å². The Morgan fingerprint density at radius 3 is 2.58 bits per heavy atom. The Balaban J connectivity index is 2.20. The third kappa shape index (κ3) is 2.92. The number of aromatic hydroxyl groups is 1. The van der Waals surface area contributed by atoms with Gasteiger partial charge in [-0.1, -0.05) is 6.07 Å². The van der Waals surface area contributed by atoms with E-state index >= 15 is 0 Å². The highest BCUT2D eigenvalue weighted by atomic mass is 32.1. The van der Waals surface area contributed by atoms with Crippen molar-refractivity contribution < 1.29 is 19.8 Å². The molecule has 6 heteroatoms. The number of thiophene rings is 1. The fourth-order valence-electron chi connectivity index (χ4n) is 1.59. The van der Waals surface area contributed by atoms with Crippen LogP contribution in [0.25, 0.3) is 0 Å². The molecule has 1 amide bonds. The predicted molar refractivity (Wildman–Crippen MR) is 72.1 cm³/mol. The van der Waals surface area contributed by atoms with Crippen LogP contribution >= 0.6 is 11.3 Å². The molecule has 0 spiro atoms. The Hall–Kier alpha value is -2.34. The molecule has 5 nitrogen and oxygen atoms in total. The molecule has 0 radical (unpaired) electrons. The lowest BCUT2D eigenvalue weighted by atomic mass is 10.2. The second kappa shape index (κ2) is 5.11. The summed E-state index contributed by atoms with van der Waals surface area (Å²) in [5.74, 6) is -1.41. The zero-order valence-corrected chi connectivity index (χ0v) is 10.8. The van der Waals surface area contributed by atoms with E-state index in [0.29, 0.717) is 16.1 Å². The van der Waals surface area contributed by atoms with Gasteiger partial charge in [0.15, 0.2) is 0 Å². The molecule has 0 bridgehead atoms. The van der Waals surface area contributed by atoms with E-state index in [0.717, 1.165) is 11.3 Å². The number of phenolic OH excluding ortho intramolecular Hbond substituents is 1. The van der Waals surface area contributed by atoms with E-state index in [-0.39, 0.29) is 10.6 Å². The molecule has 2 aromatic rings. The standard InChI is InChI=1S/C13H11NO4S/c1-7-5-10(19-11(7)13(17)18)14-12(16)8-3-2-4-9(15)6-8/h2-6,15H,1H3,(H,14,16)(H,17,18). The van der Waals surface area contributed by atoms with Crippen molar-refractivity contribution in [2.24, 2.45) is 0 Å². The van der Waals surface area contributed by atoms with Gasteiger partial charge in [-0.2, -0.15) is 0 Å². The lowest BCUT2D eigenvalue weighted by Crippen LogP contribution is -2.10. The summed E-state index contributed by atoms with van der Waals surface area (Å²) < 4.78 is 0. The van der Waals surface area contributed by atoms with Crippen molar-refractivity contribution in [3.63, 3.8) is 0 Å². The Kier molecular flexibility index (Phi) is 3.52. The molecular weight excluding hydrogens is 266 g/mol. The number of carboxylic acid groups (broad SMARTS) is 1. The number of amides is 1. The minimum Gasteiger partial charge on any atom is -0.508 e. The number of carboxylic acids is 1. The third-order valence-electron chi connectivity index (χ3n) is 2.46. The molecule has 1 heterocycles. The Labute approximate surface area is 113 Å². The average molecular weight is 277 g/mol. The minimum atomic E-state index is -1.01. The van der Waals surface area contributed by atoms with Gasteiger partial charge in [-0.15, -0.1) is 11.3 Å². The summed E-state index contributed by atoms with van der Waals surface area (Å²) >= 11 is 1.00. The summed E-state index contributed by atoms with van der Waals surface area (Å²) in [6.07, 6.45) is 0. The molecule has 3 N–H and O–H groups in total. The van der Waals surface area contributed by atoms with Gasteiger partial charge in [0.2, 0.25) is 0 Å². The minimum absolute atomic E-state index is 0.00114. The molecule has 0 aliphatic carbocycles. The Morgan fingerprint density at radius 1 is 1.26 bits per heavy atom. The van der Waals surface area contributed by atoms with Crippen LogP contribution in [0.3, 0.4) is 0 Å². The molecule has 98 valence electrons. The zero-order chi connectivity index (χ0) is 14.0. The lowest BCUT2D eigenvalue weighted by Gasteiger charge is -2.02.